The van der Waals surface area contributed by atoms with Crippen LogP contribution in [-0.2, 0) is 14.6 Å². The van der Waals surface area contributed by atoms with Gasteiger partial charge in [0.1, 0.15) is 0 Å². The summed E-state index contributed by atoms with van der Waals surface area (Å²) in [4.78, 5) is 16.0. The Hall–Kier alpha value is -2.41. The number of aromatic nitrogens is 1. The van der Waals surface area contributed by atoms with Crippen molar-refractivity contribution >= 4 is 32.8 Å². The Labute approximate surface area is 134 Å². The van der Waals surface area contributed by atoms with Crippen LogP contribution >= 0.6 is 0 Å². The molecule has 1 unspecified atom stereocenters. The monoisotopic (exact) mass is 331 g/mol. The molecular weight excluding hydrogens is 314 g/mol. The second-order valence-corrected chi connectivity index (χ2v) is 7.76. The van der Waals surface area contributed by atoms with E-state index in [4.69, 9.17) is 0 Å². The number of nitrogens with zero attached hydrogens (tertiary/aromatic N) is 1. The zero-order valence-electron chi connectivity index (χ0n) is 12.4. The second-order valence-electron chi connectivity index (χ2n) is 5.53. The van der Waals surface area contributed by atoms with Crippen LogP contribution in [0.4, 0.5) is 17.1 Å². The molecule has 23 heavy (non-hydrogen) atoms. The molecule has 1 aliphatic rings. The van der Waals surface area contributed by atoms with Gasteiger partial charge in [0, 0.05) is 29.5 Å². The highest BCUT2D eigenvalue weighted by atomic mass is 32.2. The first kappa shape index (κ1) is 15.5. The van der Waals surface area contributed by atoms with Gasteiger partial charge in [0.25, 0.3) is 0 Å². The number of hydrogen-bond acceptors (Lipinski definition) is 5. The summed E-state index contributed by atoms with van der Waals surface area (Å²) in [7, 11) is -3.05. The Balaban J connectivity index is 1.60. The van der Waals surface area contributed by atoms with Crippen LogP contribution in [0.3, 0.4) is 0 Å². The van der Waals surface area contributed by atoms with Crippen LogP contribution in [0.1, 0.15) is 6.42 Å². The predicted octanol–water partition coefficient (Wildman–Crippen LogP) is 2.20. The number of sulfone groups is 1. The molecule has 6 nitrogen and oxygen atoms in total. The van der Waals surface area contributed by atoms with Crippen molar-refractivity contribution < 1.29 is 13.2 Å². The first-order valence-electron chi connectivity index (χ1n) is 7.30. The molecule has 7 heteroatoms. The summed E-state index contributed by atoms with van der Waals surface area (Å²) in [6.45, 7) is 0. The van der Waals surface area contributed by atoms with E-state index in [2.05, 4.69) is 15.6 Å². The van der Waals surface area contributed by atoms with Crippen molar-refractivity contribution in [2.24, 2.45) is 5.92 Å². The Morgan fingerprint density at radius 1 is 1.00 bits per heavy atom. The molecule has 1 aliphatic heterocycles. The van der Waals surface area contributed by atoms with Gasteiger partial charge in [-0.05, 0) is 42.8 Å². The van der Waals surface area contributed by atoms with Gasteiger partial charge in [-0.25, -0.2) is 8.42 Å². The molecule has 0 saturated carbocycles. The van der Waals surface area contributed by atoms with Gasteiger partial charge in [0.05, 0.1) is 17.4 Å². The summed E-state index contributed by atoms with van der Waals surface area (Å²) in [6.07, 6.45) is 3.80. The molecule has 1 aromatic carbocycles. The van der Waals surface area contributed by atoms with E-state index in [0.29, 0.717) is 12.1 Å². The van der Waals surface area contributed by atoms with Crippen LogP contribution in [0.15, 0.2) is 48.8 Å². The number of rotatable bonds is 4. The predicted molar refractivity (Wildman–Crippen MR) is 89.4 cm³/mol. The Bertz CT molecular complexity index is 789. The van der Waals surface area contributed by atoms with E-state index in [1.165, 1.54) is 0 Å². The summed E-state index contributed by atoms with van der Waals surface area (Å²) in [5.74, 6) is -0.643. The van der Waals surface area contributed by atoms with Crippen molar-refractivity contribution in [2.45, 2.75) is 6.42 Å². The maximum Gasteiger partial charge on any atom is 0.228 e. The SMILES string of the molecule is O=C(Nc1ccc(Nc2ccncc2)cc1)C1CCS(=O)(=O)C1. The average molecular weight is 331 g/mol. The Morgan fingerprint density at radius 3 is 2.22 bits per heavy atom. The standard InChI is InChI=1S/C16H17N3O3S/c20-16(12-7-10-23(21,22)11-12)19-14-3-1-13(2-4-14)18-15-5-8-17-9-6-15/h1-6,8-9,12H,7,10-11H2,(H,17,18)(H,19,20). The number of nitrogens with one attached hydrogen (secondary N) is 2. The highest BCUT2D eigenvalue weighted by Gasteiger charge is 2.32. The van der Waals surface area contributed by atoms with Crippen LogP contribution in [0.25, 0.3) is 0 Å². The van der Waals surface area contributed by atoms with Crippen molar-refractivity contribution in [3.63, 3.8) is 0 Å². The molecule has 1 atom stereocenters. The summed E-state index contributed by atoms with van der Waals surface area (Å²) < 4.78 is 22.8. The summed E-state index contributed by atoms with van der Waals surface area (Å²) >= 11 is 0. The number of carbonyl (C=O) groups is 1. The van der Waals surface area contributed by atoms with Gasteiger partial charge in [0.15, 0.2) is 9.84 Å². The van der Waals surface area contributed by atoms with Crippen LogP contribution in [0.2, 0.25) is 0 Å². The lowest BCUT2D eigenvalue weighted by Crippen LogP contribution is -2.23. The molecule has 0 radical (unpaired) electrons. The third kappa shape index (κ3) is 4.07. The maximum atomic E-state index is 12.1. The van der Waals surface area contributed by atoms with Crippen molar-refractivity contribution in [1.82, 2.24) is 4.98 Å². The summed E-state index contributed by atoms with van der Waals surface area (Å²) in [5.41, 5.74) is 2.46. The van der Waals surface area contributed by atoms with Crippen molar-refractivity contribution in [1.29, 1.82) is 0 Å². The minimum absolute atomic E-state index is 0.0550. The average Bonchev–Trinajstić information content (AvgIpc) is 2.90. The lowest BCUT2D eigenvalue weighted by Gasteiger charge is -2.11. The van der Waals surface area contributed by atoms with Gasteiger partial charge in [0.2, 0.25) is 5.91 Å². The van der Waals surface area contributed by atoms with Crippen LogP contribution < -0.4 is 10.6 Å². The van der Waals surface area contributed by atoms with Crippen molar-refractivity contribution in [3.8, 4) is 0 Å². The normalized spacial score (nSPS) is 19.2. The van der Waals surface area contributed by atoms with Gasteiger partial charge in [-0.15, -0.1) is 0 Å². The highest BCUT2D eigenvalue weighted by Crippen LogP contribution is 2.22. The quantitative estimate of drug-likeness (QED) is 0.897. The van der Waals surface area contributed by atoms with Crippen LogP contribution in [-0.4, -0.2) is 30.8 Å². The van der Waals surface area contributed by atoms with E-state index in [9.17, 15) is 13.2 Å². The molecule has 1 fully saturated rings. The summed E-state index contributed by atoms with van der Waals surface area (Å²) in [5, 5.41) is 5.99. The minimum Gasteiger partial charge on any atom is -0.355 e. The molecule has 2 N–H and O–H groups in total. The molecule has 3 rings (SSSR count). The molecule has 0 aliphatic carbocycles. The van der Waals surface area contributed by atoms with E-state index in [-0.39, 0.29) is 17.4 Å². The van der Waals surface area contributed by atoms with E-state index in [1.54, 1.807) is 24.5 Å². The lowest BCUT2D eigenvalue weighted by atomic mass is 10.1. The topological polar surface area (TPSA) is 88.2 Å². The van der Waals surface area contributed by atoms with Crippen LogP contribution in [0.5, 0.6) is 0 Å². The molecule has 0 spiro atoms. The molecule has 2 aromatic rings. The molecular formula is C16H17N3O3S. The number of hydrogen-bond donors (Lipinski definition) is 2. The number of pyridine rings is 1. The van der Waals surface area contributed by atoms with Gasteiger partial charge in [-0.2, -0.15) is 0 Å². The number of carbonyl (C=O) groups excluding carboxylic acids is 1. The third-order valence-corrected chi connectivity index (χ3v) is 5.49. The summed E-state index contributed by atoms with van der Waals surface area (Å²) in [6, 6.07) is 11.0. The Kier molecular flexibility index (Phi) is 4.29. The molecule has 120 valence electrons. The number of anilines is 3. The van der Waals surface area contributed by atoms with Crippen LogP contribution in [0, 0.1) is 5.92 Å². The van der Waals surface area contributed by atoms with Gasteiger partial charge in [-0.3, -0.25) is 9.78 Å². The fourth-order valence-electron chi connectivity index (χ4n) is 2.48. The van der Waals surface area contributed by atoms with Crippen molar-refractivity contribution in [3.05, 3.63) is 48.8 Å². The molecule has 0 bridgehead atoms. The fraction of sp³-hybridized carbons (Fsp3) is 0.250. The fourth-order valence-corrected chi connectivity index (χ4v) is 4.23. The van der Waals surface area contributed by atoms with E-state index in [1.807, 2.05) is 24.3 Å². The van der Waals surface area contributed by atoms with E-state index >= 15 is 0 Å². The molecule has 1 saturated heterocycles. The highest BCUT2D eigenvalue weighted by molar-refractivity contribution is 7.91. The first-order chi connectivity index (χ1) is 11.0. The minimum atomic E-state index is -3.05. The lowest BCUT2D eigenvalue weighted by molar-refractivity contribution is -0.119. The van der Waals surface area contributed by atoms with E-state index < -0.39 is 15.8 Å². The molecule has 1 aromatic heterocycles. The molecule has 1 amide bonds. The van der Waals surface area contributed by atoms with Gasteiger partial charge >= 0.3 is 0 Å². The van der Waals surface area contributed by atoms with E-state index in [0.717, 1.165) is 11.4 Å². The number of amides is 1. The second kappa shape index (κ2) is 6.37. The molecule has 2 heterocycles. The third-order valence-electron chi connectivity index (χ3n) is 3.72. The zero-order valence-corrected chi connectivity index (χ0v) is 13.2. The van der Waals surface area contributed by atoms with Gasteiger partial charge < -0.3 is 10.6 Å². The largest absolute Gasteiger partial charge is 0.355 e. The smallest absolute Gasteiger partial charge is 0.228 e. The van der Waals surface area contributed by atoms with Crippen molar-refractivity contribution in [2.75, 3.05) is 22.1 Å². The zero-order chi connectivity index (χ0) is 16.3. The maximum absolute atomic E-state index is 12.1. The first-order valence-corrected chi connectivity index (χ1v) is 9.12. The van der Waals surface area contributed by atoms with Gasteiger partial charge in [-0.1, -0.05) is 0 Å². The Morgan fingerprint density at radius 2 is 1.61 bits per heavy atom. The number of benzene rings is 1.